The van der Waals surface area contributed by atoms with Crippen LogP contribution >= 0.6 is 11.6 Å². The van der Waals surface area contributed by atoms with Gasteiger partial charge in [-0.2, -0.15) is 0 Å². The first-order valence-electron chi connectivity index (χ1n) is 6.16. The Bertz CT molecular complexity index is 485. The molecule has 1 aromatic carbocycles. The third kappa shape index (κ3) is 4.35. The van der Waals surface area contributed by atoms with E-state index in [0.717, 1.165) is 5.56 Å². The minimum Gasteiger partial charge on any atom is -0.389 e. The number of hydrogen-bond acceptors (Lipinski definition) is 3. The SMILES string of the molecule is CC(OCC(O)Cn1ccnc1)c1ccc(Cl)cc1. The Balaban J connectivity index is 1.79. The van der Waals surface area contributed by atoms with Crippen LogP contribution in [-0.2, 0) is 11.3 Å². The number of benzene rings is 1. The average molecular weight is 281 g/mol. The molecule has 1 N–H and O–H groups in total. The summed E-state index contributed by atoms with van der Waals surface area (Å²) < 4.78 is 7.47. The predicted molar refractivity (Wildman–Crippen MR) is 74.1 cm³/mol. The first kappa shape index (κ1) is 14.1. The molecule has 1 aromatic heterocycles. The second kappa shape index (κ2) is 6.70. The molecule has 19 heavy (non-hydrogen) atoms. The van der Waals surface area contributed by atoms with Gasteiger partial charge in [0.15, 0.2) is 0 Å². The third-order valence-corrected chi connectivity index (χ3v) is 3.11. The highest BCUT2D eigenvalue weighted by Gasteiger charge is 2.10. The highest BCUT2D eigenvalue weighted by atomic mass is 35.5. The molecule has 2 atom stereocenters. The highest BCUT2D eigenvalue weighted by Crippen LogP contribution is 2.19. The number of halogens is 1. The molecule has 0 saturated carbocycles. The van der Waals surface area contributed by atoms with Crippen LogP contribution in [0.15, 0.2) is 43.0 Å². The van der Waals surface area contributed by atoms with Gasteiger partial charge in [-0.3, -0.25) is 0 Å². The molecular formula is C14H17ClN2O2. The van der Waals surface area contributed by atoms with Gasteiger partial charge in [0.25, 0.3) is 0 Å². The quantitative estimate of drug-likeness (QED) is 0.885. The fourth-order valence-electron chi connectivity index (χ4n) is 1.78. The maximum absolute atomic E-state index is 9.87. The number of ether oxygens (including phenoxy) is 1. The van der Waals surface area contributed by atoms with E-state index in [-0.39, 0.29) is 12.7 Å². The molecule has 0 bridgehead atoms. The van der Waals surface area contributed by atoms with Gasteiger partial charge in [0.2, 0.25) is 0 Å². The van der Waals surface area contributed by atoms with Crippen LogP contribution in [0, 0.1) is 0 Å². The molecular weight excluding hydrogens is 264 g/mol. The van der Waals surface area contributed by atoms with Crippen molar-refractivity contribution in [2.24, 2.45) is 0 Å². The summed E-state index contributed by atoms with van der Waals surface area (Å²) in [4.78, 5) is 3.92. The minimum absolute atomic E-state index is 0.0743. The van der Waals surface area contributed by atoms with E-state index in [4.69, 9.17) is 16.3 Å². The molecule has 0 aliphatic rings. The van der Waals surface area contributed by atoms with Crippen LogP contribution in [0.4, 0.5) is 0 Å². The van der Waals surface area contributed by atoms with Gasteiger partial charge >= 0.3 is 0 Å². The fourth-order valence-corrected chi connectivity index (χ4v) is 1.90. The summed E-state index contributed by atoms with van der Waals surface area (Å²) in [6.07, 6.45) is 4.54. The van der Waals surface area contributed by atoms with Gasteiger partial charge in [0, 0.05) is 17.4 Å². The van der Waals surface area contributed by atoms with Gasteiger partial charge in [-0.15, -0.1) is 0 Å². The lowest BCUT2D eigenvalue weighted by Gasteiger charge is -2.17. The van der Waals surface area contributed by atoms with Crippen LogP contribution < -0.4 is 0 Å². The standard InChI is InChI=1S/C14H17ClN2O2/c1-11(12-2-4-13(15)5-3-12)19-9-14(18)8-17-7-6-16-10-17/h2-7,10-11,14,18H,8-9H2,1H3. The molecule has 0 fully saturated rings. The Morgan fingerprint density at radius 2 is 2.11 bits per heavy atom. The summed E-state index contributed by atoms with van der Waals surface area (Å²) in [5.74, 6) is 0. The molecule has 2 aromatic rings. The van der Waals surface area contributed by atoms with Gasteiger partial charge < -0.3 is 14.4 Å². The number of nitrogens with zero attached hydrogens (tertiary/aromatic N) is 2. The molecule has 102 valence electrons. The molecule has 0 amide bonds. The van der Waals surface area contributed by atoms with Crippen LogP contribution in [0.25, 0.3) is 0 Å². The molecule has 4 nitrogen and oxygen atoms in total. The molecule has 0 radical (unpaired) electrons. The Labute approximate surface area is 117 Å². The summed E-state index contributed by atoms with van der Waals surface area (Å²) in [5.41, 5.74) is 1.04. The van der Waals surface area contributed by atoms with Gasteiger partial charge in [-0.05, 0) is 24.6 Å². The molecule has 1 heterocycles. The van der Waals surface area contributed by atoms with E-state index < -0.39 is 6.10 Å². The van der Waals surface area contributed by atoms with E-state index in [9.17, 15) is 5.11 Å². The van der Waals surface area contributed by atoms with Crippen molar-refractivity contribution < 1.29 is 9.84 Å². The van der Waals surface area contributed by atoms with E-state index in [1.165, 1.54) is 0 Å². The lowest BCUT2D eigenvalue weighted by molar-refractivity contribution is -0.00872. The van der Waals surface area contributed by atoms with Crippen molar-refractivity contribution >= 4 is 11.6 Å². The zero-order valence-electron chi connectivity index (χ0n) is 10.7. The topological polar surface area (TPSA) is 47.3 Å². The maximum Gasteiger partial charge on any atom is 0.0952 e. The van der Waals surface area contributed by atoms with Crippen LogP contribution in [0.2, 0.25) is 5.02 Å². The molecule has 0 aliphatic carbocycles. The number of aliphatic hydroxyl groups is 1. The lowest BCUT2D eigenvalue weighted by atomic mass is 10.1. The molecule has 0 spiro atoms. The summed E-state index contributed by atoms with van der Waals surface area (Å²) in [7, 11) is 0. The summed E-state index contributed by atoms with van der Waals surface area (Å²) in [5, 5.41) is 10.6. The number of aromatic nitrogens is 2. The minimum atomic E-state index is -0.552. The van der Waals surface area contributed by atoms with Crippen molar-refractivity contribution in [3.63, 3.8) is 0 Å². The van der Waals surface area contributed by atoms with Crippen molar-refractivity contribution in [2.75, 3.05) is 6.61 Å². The van der Waals surface area contributed by atoms with E-state index in [0.29, 0.717) is 11.6 Å². The van der Waals surface area contributed by atoms with Crippen molar-refractivity contribution in [3.05, 3.63) is 53.6 Å². The van der Waals surface area contributed by atoms with E-state index >= 15 is 0 Å². The number of aliphatic hydroxyl groups excluding tert-OH is 1. The molecule has 0 saturated heterocycles. The van der Waals surface area contributed by atoms with Gasteiger partial charge in [0.05, 0.1) is 31.7 Å². The van der Waals surface area contributed by atoms with E-state index in [1.54, 1.807) is 12.5 Å². The number of imidazole rings is 1. The lowest BCUT2D eigenvalue weighted by Crippen LogP contribution is -2.22. The fraction of sp³-hybridized carbons (Fsp3) is 0.357. The molecule has 2 unspecified atom stereocenters. The predicted octanol–water partition coefficient (Wildman–Crippen LogP) is 2.68. The first-order valence-corrected chi connectivity index (χ1v) is 6.54. The Morgan fingerprint density at radius 1 is 1.37 bits per heavy atom. The van der Waals surface area contributed by atoms with Gasteiger partial charge in [0.1, 0.15) is 0 Å². The molecule has 0 aliphatic heterocycles. The van der Waals surface area contributed by atoms with E-state index in [2.05, 4.69) is 4.98 Å². The van der Waals surface area contributed by atoms with Gasteiger partial charge in [-0.1, -0.05) is 23.7 Å². The first-order chi connectivity index (χ1) is 9.15. The maximum atomic E-state index is 9.87. The second-order valence-electron chi connectivity index (χ2n) is 4.44. The summed E-state index contributed by atoms with van der Waals surface area (Å²) in [6.45, 7) is 2.71. The van der Waals surface area contributed by atoms with Crippen LogP contribution in [0.1, 0.15) is 18.6 Å². The number of hydrogen-bond donors (Lipinski definition) is 1. The van der Waals surface area contributed by atoms with E-state index in [1.807, 2.05) is 42.0 Å². The Morgan fingerprint density at radius 3 is 2.74 bits per heavy atom. The zero-order chi connectivity index (χ0) is 13.7. The second-order valence-corrected chi connectivity index (χ2v) is 4.88. The number of rotatable bonds is 6. The smallest absolute Gasteiger partial charge is 0.0952 e. The van der Waals surface area contributed by atoms with Crippen LogP contribution in [0.3, 0.4) is 0 Å². The summed E-state index contributed by atoms with van der Waals surface area (Å²) in [6, 6.07) is 7.52. The molecule has 2 rings (SSSR count). The normalized spacial score (nSPS) is 14.3. The zero-order valence-corrected chi connectivity index (χ0v) is 11.5. The average Bonchev–Trinajstić information content (AvgIpc) is 2.89. The van der Waals surface area contributed by atoms with Crippen molar-refractivity contribution in [1.29, 1.82) is 0 Å². The Hall–Kier alpha value is -1.36. The highest BCUT2D eigenvalue weighted by molar-refractivity contribution is 6.30. The largest absolute Gasteiger partial charge is 0.389 e. The van der Waals surface area contributed by atoms with Crippen LogP contribution in [0.5, 0.6) is 0 Å². The third-order valence-electron chi connectivity index (χ3n) is 2.86. The monoisotopic (exact) mass is 280 g/mol. The summed E-state index contributed by atoms with van der Waals surface area (Å²) >= 11 is 5.83. The molecule has 5 heteroatoms. The Kier molecular flexibility index (Phi) is 4.96. The van der Waals surface area contributed by atoms with Crippen molar-refractivity contribution in [2.45, 2.75) is 25.7 Å². The van der Waals surface area contributed by atoms with Crippen LogP contribution in [-0.4, -0.2) is 27.4 Å². The van der Waals surface area contributed by atoms with Gasteiger partial charge in [-0.25, -0.2) is 4.98 Å². The van der Waals surface area contributed by atoms with Crippen molar-refractivity contribution in [3.8, 4) is 0 Å². The van der Waals surface area contributed by atoms with Crippen molar-refractivity contribution in [1.82, 2.24) is 9.55 Å².